The number of fused-ring (bicyclic) bond motifs is 1. The molecule has 0 amide bonds. The molecule has 2 aromatic heterocycles. The van der Waals surface area contributed by atoms with Gasteiger partial charge in [-0.05, 0) is 30.5 Å². The van der Waals surface area contributed by atoms with Crippen molar-refractivity contribution < 1.29 is 0 Å². The van der Waals surface area contributed by atoms with E-state index in [0.717, 1.165) is 34.6 Å². The molecule has 2 heterocycles. The maximum Gasteiger partial charge on any atom is 0.179 e. The van der Waals surface area contributed by atoms with Gasteiger partial charge in [0.1, 0.15) is 5.52 Å². The molecule has 118 valence electrons. The molecular weight excluding hydrogens is 280 g/mol. The standard InChI is InChI=1S/C16H28N4S/c1-6-8-9-10-16(3,4)11-20-14-13(17-15(20)21)12(7-2)18-19(14)5/h6-11H2,1-5H3,(H,17,21). The highest BCUT2D eigenvalue weighted by Crippen LogP contribution is 2.28. The summed E-state index contributed by atoms with van der Waals surface area (Å²) >= 11 is 5.54. The summed E-state index contributed by atoms with van der Waals surface area (Å²) in [6.45, 7) is 9.99. The largest absolute Gasteiger partial charge is 0.328 e. The van der Waals surface area contributed by atoms with Crippen molar-refractivity contribution in [3.8, 4) is 0 Å². The average molecular weight is 308 g/mol. The van der Waals surface area contributed by atoms with Gasteiger partial charge < -0.3 is 9.55 Å². The predicted molar refractivity (Wildman–Crippen MR) is 91.2 cm³/mol. The quantitative estimate of drug-likeness (QED) is 0.599. The van der Waals surface area contributed by atoms with Crippen LogP contribution >= 0.6 is 12.2 Å². The number of aromatic amines is 1. The van der Waals surface area contributed by atoms with E-state index in [9.17, 15) is 0 Å². The fraction of sp³-hybridized carbons (Fsp3) is 0.750. The van der Waals surface area contributed by atoms with Crippen molar-refractivity contribution in [3.05, 3.63) is 10.5 Å². The highest BCUT2D eigenvalue weighted by Gasteiger charge is 2.22. The molecule has 1 N–H and O–H groups in total. The molecular formula is C16H28N4S. The van der Waals surface area contributed by atoms with Crippen molar-refractivity contribution >= 4 is 23.4 Å². The molecule has 0 atom stereocenters. The molecule has 0 fully saturated rings. The summed E-state index contributed by atoms with van der Waals surface area (Å²) in [5.41, 5.74) is 3.58. The molecule has 21 heavy (non-hydrogen) atoms. The van der Waals surface area contributed by atoms with Gasteiger partial charge in [-0.25, -0.2) is 0 Å². The Bertz CT molecular complexity index is 660. The summed E-state index contributed by atoms with van der Waals surface area (Å²) < 4.78 is 5.00. The minimum Gasteiger partial charge on any atom is -0.328 e. The first kappa shape index (κ1) is 16.3. The van der Waals surface area contributed by atoms with Crippen LogP contribution in [0.2, 0.25) is 0 Å². The van der Waals surface area contributed by atoms with Gasteiger partial charge in [-0.1, -0.05) is 47.0 Å². The molecule has 4 nitrogen and oxygen atoms in total. The van der Waals surface area contributed by atoms with E-state index in [0.29, 0.717) is 0 Å². The first-order valence-corrected chi connectivity index (χ1v) is 8.45. The summed E-state index contributed by atoms with van der Waals surface area (Å²) in [7, 11) is 2.00. The Balaban J connectivity index is 2.32. The molecule has 0 aliphatic heterocycles. The van der Waals surface area contributed by atoms with E-state index in [1.54, 1.807) is 0 Å². The zero-order valence-corrected chi connectivity index (χ0v) is 14.8. The van der Waals surface area contributed by atoms with E-state index < -0.39 is 0 Å². The molecule has 0 saturated heterocycles. The fourth-order valence-electron chi connectivity index (χ4n) is 3.03. The highest BCUT2D eigenvalue weighted by molar-refractivity contribution is 7.71. The maximum atomic E-state index is 5.54. The monoisotopic (exact) mass is 308 g/mol. The molecule has 0 spiro atoms. The molecule has 2 rings (SSSR count). The molecule has 0 aliphatic rings. The molecule has 0 unspecified atom stereocenters. The lowest BCUT2D eigenvalue weighted by atomic mass is 9.87. The van der Waals surface area contributed by atoms with Gasteiger partial charge in [0.15, 0.2) is 10.4 Å². The number of hydrogen-bond acceptors (Lipinski definition) is 2. The minimum absolute atomic E-state index is 0.249. The van der Waals surface area contributed by atoms with E-state index >= 15 is 0 Å². The van der Waals surface area contributed by atoms with Crippen LogP contribution in [-0.4, -0.2) is 19.3 Å². The summed E-state index contributed by atoms with van der Waals surface area (Å²) in [5, 5.41) is 4.59. The Labute approximate surface area is 132 Å². The Kier molecular flexibility index (Phi) is 4.91. The first-order chi connectivity index (χ1) is 9.89. The van der Waals surface area contributed by atoms with Crippen LogP contribution in [0.15, 0.2) is 0 Å². The van der Waals surface area contributed by atoms with Gasteiger partial charge in [0, 0.05) is 13.6 Å². The number of nitrogens with one attached hydrogen (secondary N) is 1. The third-order valence-electron chi connectivity index (χ3n) is 4.20. The Hall–Kier alpha value is -1.10. The second-order valence-electron chi connectivity index (χ2n) is 6.76. The lowest BCUT2D eigenvalue weighted by Crippen LogP contribution is -2.20. The highest BCUT2D eigenvalue weighted by atomic mass is 32.1. The van der Waals surface area contributed by atoms with Gasteiger partial charge in [0.2, 0.25) is 0 Å². The van der Waals surface area contributed by atoms with Gasteiger partial charge in [0.05, 0.1) is 5.69 Å². The lowest BCUT2D eigenvalue weighted by molar-refractivity contribution is 0.272. The van der Waals surface area contributed by atoms with Crippen LogP contribution in [0.5, 0.6) is 0 Å². The van der Waals surface area contributed by atoms with Crippen LogP contribution in [0.25, 0.3) is 11.2 Å². The maximum absolute atomic E-state index is 5.54. The molecule has 0 bridgehead atoms. The molecule has 0 aromatic carbocycles. The van der Waals surface area contributed by atoms with Crippen LogP contribution in [0.1, 0.15) is 59.1 Å². The van der Waals surface area contributed by atoms with E-state index in [1.807, 2.05) is 11.7 Å². The van der Waals surface area contributed by atoms with Gasteiger partial charge >= 0.3 is 0 Å². The van der Waals surface area contributed by atoms with E-state index in [1.165, 1.54) is 25.7 Å². The molecule has 0 aliphatic carbocycles. The number of unbranched alkanes of at least 4 members (excludes halogenated alkanes) is 2. The summed E-state index contributed by atoms with van der Waals surface area (Å²) in [6.07, 6.45) is 6.02. The third kappa shape index (κ3) is 3.39. The van der Waals surface area contributed by atoms with Crippen LogP contribution in [0, 0.1) is 10.2 Å². The molecule has 0 radical (unpaired) electrons. The van der Waals surface area contributed by atoms with Gasteiger partial charge in [-0.2, -0.15) is 5.10 Å². The normalized spacial score (nSPS) is 12.4. The number of aromatic nitrogens is 4. The van der Waals surface area contributed by atoms with Crippen LogP contribution in [-0.2, 0) is 20.0 Å². The van der Waals surface area contributed by atoms with Gasteiger partial charge in [-0.15, -0.1) is 0 Å². The van der Waals surface area contributed by atoms with Crippen molar-refractivity contribution in [3.63, 3.8) is 0 Å². The van der Waals surface area contributed by atoms with Gasteiger partial charge in [-0.3, -0.25) is 4.68 Å². The Morgan fingerprint density at radius 1 is 1.24 bits per heavy atom. The van der Waals surface area contributed by atoms with Crippen molar-refractivity contribution in [2.45, 2.75) is 66.3 Å². The number of rotatable bonds is 7. The third-order valence-corrected chi connectivity index (χ3v) is 4.52. The zero-order valence-electron chi connectivity index (χ0n) is 14.0. The molecule has 2 aromatic rings. The first-order valence-electron chi connectivity index (χ1n) is 8.04. The second-order valence-corrected chi connectivity index (χ2v) is 7.15. The summed E-state index contributed by atoms with van der Waals surface area (Å²) in [5.74, 6) is 0. The van der Waals surface area contributed by atoms with Crippen molar-refractivity contribution in [2.75, 3.05) is 0 Å². The van der Waals surface area contributed by atoms with Crippen molar-refractivity contribution in [2.24, 2.45) is 12.5 Å². The van der Waals surface area contributed by atoms with Crippen LogP contribution in [0.3, 0.4) is 0 Å². The lowest BCUT2D eigenvalue weighted by Gasteiger charge is -2.25. The van der Waals surface area contributed by atoms with E-state index in [2.05, 4.69) is 42.3 Å². The predicted octanol–water partition coefficient (Wildman–Crippen LogP) is 4.60. The minimum atomic E-state index is 0.249. The number of hydrogen-bond donors (Lipinski definition) is 1. The van der Waals surface area contributed by atoms with Crippen molar-refractivity contribution in [1.29, 1.82) is 0 Å². The van der Waals surface area contributed by atoms with Crippen LogP contribution < -0.4 is 0 Å². The number of aryl methyl sites for hydroxylation is 2. The Morgan fingerprint density at radius 2 is 1.95 bits per heavy atom. The fourth-order valence-corrected chi connectivity index (χ4v) is 3.29. The average Bonchev–Trinajstić information content (AvgIpc) is 2.88. The molecule has 0 saturated carbocycles. The number of nitrogens with zero attached hydrogens (tertiary/aromatic N) is 3. The zero-order chi connectivity index (χ0) is 15.6. The smallest absolute Gasteiger partial charge is 0.179 e. The van der Waals surface area contributed by atoms with E-state index in [-0.39, 0.29) is 5.41 Å². The van der Waals surface area contributed by atoms with Crippen LogP contribution in [0.4, 0.5) is 0 Å². The summed E-state index contributed by atoms with van der Waals surface area (Å²) in [6, 6.07) is 0. The topological polar surface area (TPSA) is 38.5 Å². The van der Waals surface area contributed by atoms with E-state index in [4.69, 9.17) is 12.2 Å². The number of H-pyrrole nitrogens is 1. The SMILES string of the molecule is CCCCCC(C)(C)Cn1c(=S)[nH]c2c(CC)nn(C)c21. The number of imidazole rings is 1. The Morgan fingerprint density at radius 3 is 2.57 bits per heavy atom. The second kappa shape index (κ2) is 6.34. The summed E-state index contributed by atoms with van der Waals surface area (Å²) in [4.78, 5) is 3.35. The van der Waals surface area contributed by atoms with Gasteiger partial charge in [0.25, 0.3) is 0 Å². The van der Waals surface area contributed by atoms with Crippen molar-refractivity contribution in [1.82, 2.24) is 19.3 Å². The molecule has 5 heteroatoms.